The van der Waals surface area contributed by atoms with Gasteiger partial charge in [-0.15, -0.1) is 0 Å². The maximum atomic E-state index is 16.2. The van der Waals surface area contributed by atoms with Gasteiger partial charge < -0.3 is 162 Å². The first-order valence-electron chi connectivity index (χ1n) is 38.1. The summed E-state index contributed by atoms with van der Waals surface area (Å²) < 4.78 is 97.2. The minimum Gasteiger partial charge on any atom is -0.479 e. The summed E-state index contributed by atoms with van der Waals surface area (Å²) >= 11 is 0. The van der Waals surface area contributed by atoms with E-state index in [-0.39, 0.29) is 24.2 Å². The number of carbonyl (C=O) groups excluding carboxylic acids is 4. The lowest BCUT2D eigenvalue weighted by Gasteiger charge is -2.71. The number of rotatable bonds is 20. The van der Waals surface area contributed by atoms with Gasteiger partial charge in [-0.3, -0.25) is 14.4 Å². The molecule has 7 heterocycles. The van der Waals surface area contributed by atoms with Crippen LogP contribution in [-0.2, 0) is 99.8 Å². The molecule has 0 unspecified atom stereocenters. The first-order valence-corrected chi connectivity index (χ1v) is 38.1. The van der Waals surface area contributed by atoms with Crippen molar-refractivity contribution in [1.82, 2.24) is 0 Å². The van der Waals surface area contributed by atoms with Crippen molar-refractivity contribution < 1.29 is 181 Å². The number of hydrogen-bond donors (Lipinski definition) is 16. The molecule has 37 nitrogen and oxygen atoms in total. The quantitative estimate of drug-likeness (QED) is 0.0181. The largest absolute Gasteiger partial charge is 0.479 e. The van der Waals surface area contributed by atoms with Gasteiger partial charge >= 0.3 is 23.9 Å². The zero-order chi connectivity index (χ0) is 80.3. The molecule has 41 atom stereocenters. The highest BCUT2D eigenvalue weighted by atomic mass is 16.8. The lowest BCUT2D eigenvalue weighted by Crippen LogP contribution is -2.69. The predicted octanol–water partition coefficient (Wildman–Crippen LogP) is -4.18. The van der Waals surface area contributed by atoms with Crippen molar-refractivity contribution in [2.45, 2.75) is 336 Å². The minimum absolute atomic E-state index is 0.118. The van der Waals surface area contributed by atoms with Crippen molar-refractivity contribution >= 4 is 30.2 Å². The van der Waals surface area contributed by atoms with Crippen molar-refractivity contribution in [3.05, 3.63) is 11.6 Å². The number of allylic oxidation sites excluding steroid dienone is 2. The highest BCUT2D eigenvalue weighted by molar-refractivity contribution is 5.79. The molecule has 5 aliphatic carbocycles. The van der Waals surface area contributed by atoms with Crippen molar-refractivity contribution in [3.63, 3.8) is 0 Å². The molecule has 0 amide bonds. The Morgan fingerprint density at radius 1 is 0.500 bits per heavy atom. The summed E-state index contributed by atoms with van der Waals surface area (Å²) in [6.45, 7) is 15.2. The smallest absolute Gasteiger partial charge is 0.335 e. The average molecular weight is 1580 g/mol. The van der Waals surface area contributed by atoms with Crippen molar-refractivity contribution in [1.29, 1.82) is 0 Å². The molecule has 626 valence electrons. The van der Waals surface area contributed by atoms with Gasteiger partial charge in [0.25, 0.3) is 0 Å². The van der Waals surface area contributed by atoms with Gasteiger partial charge in [-0.25, -0.2) is 4.79 Å². The monoisotopic (exact) mass is 1580 g/mol. The lowest BCUT2D eigenvalue weighted by molar-refractivity contribution is -0.391. The van der Waals surface area contributed by atoms with E-state index in [1.54, 1.807) is 6.92 Å². The van der Waals surface area contributed by atoms with Crippen molar-refractivity contribution in [2.24, 2.45) is 50.2 Å². The summed E-state index contributed by atoms with van der Waals surface area (Å²) in [4.78, 5) is 68.6. The van der Waals surface area contributed by atoms with E-state index in [0.29, 0.717) is 51.4 Å². The van der Waals surface area contributed by atoms with Crippen LogP contribution in [0.4, 0.5) is 0 Å². The van der Waals surface area contributed by atoms with Gasteiger partial charge in [-0.2, -0.15) is 0 Å². The van der Waals surface area contributed by atoms with Crippen LogP contribution in [0, 0.1) is 50.2 Å². The number of fused-ring (bicyclic) bond motifs is 7. The van der Waals surface area contributed by atoms with Crippen LogP contribution >= 0.6 is 0 Å². The maximum absolute atomic E-state index is 16.2. The van der Waals surface area contributed by atoms with E-state index in [2.05, 4.69) is 40.7 Å². The van der Waals surface area contributed by atoms with Crippen LogP contribution < -0.4 is 0 Å². The molecule has 12 rings (SSSR count). The zero-order valence-electron chi connectivity index (χ0n) is 63.1. The Morgan fingerprint density at radius 3 is 1.63 bits per heavy atom. The zero-order valence-corrected chi connectivity index (χ0v) is 63.1. The second-order valence-electron chi connectivity index (χ2n) is 34.2. The number of carboxylic acids is 1. The van der Waals surface area contributed by atoms with Gasteiger partial charge in [0.15, 0.2) is 56.1 Å². The molecular weight excluding hydrogens is 1470 g/mol. The number of ether oxygens (including phenoxy) is 16. The number of esters is 3. The molecule has 12 aliphatic rings. The molecule has 110 heavy (non-hydrogen) atoms. The number of aldehydes is 1. The third kappa shape index (κ3) is 15.3. The van der Waals surface area contributed by atoms with E-state index in [1.807, 2.05) is 0 Å². The Morgan fingerprint density at radius 2 is 1.03 bits per heavy atom. The number of hydrogen-bond acceptors (Lipinski definition) is 36. The molecule has 0 radical (unpaired) electrons. The fourth-order valence-corrected chi connectivity index (χ4v) is 20.5. The van der Waals surface area contributed by atoms with Crippen LogP contribution in [0.1, 0.15) is 133 Å². The van der Waals surface area contributed by atoms with Gasteiger partial charge in [-0.1, -0.05) is 53.2 Å². The number of aliphatic hydroxyl groups is 15. The van der Waals surface area contributed by atoms with Crippen molar-refractivity contribution in [2.75, 3.05) is 26.4 Å². The number of aliphatic hydroxyl groups excluding tert-OH is 15. The van der Waals surface area contributed by atoms with E-state index in [0.717, 1.165) is 25.7 Å². The number of carboxylic acid groups (broad SMARTS) is 1. The van der Waals surface area contributed by atoms with Gasteiger partial charge in [0.2, 0.25) is 6.29 Å². The fraction of sp³-hybridized carbons (Fsp3) is 0.904. The first kappa shape index (κ1) is 85.5. The first-order chi connectivity index (χ1) is 51.6. The number of carbonyl (C=O) groups is 5. The molecule has 0 aromatic heterocycles. The Kier molecular flexibility index (Phi) is 25.3. The molecule has 7 aliphatic heterocycles. The van der Waals surface area contributed by atoms with E-state index in [4.69, 9.17) is 75.8 Å². The molecular formula is C73H112O37. The maximum Gasteiger partial charge on any atom is 0.335 e. The number of aliphatic carboxylic acids is 1. The molecule has 16 N–H and O–H groups in total. The van der Waals surface area contributed by atoms with Gasteiger partial charge in [0, 0.05) is 13.8 Å². The molecule has 0 bridgehead atoms. The summed E-state index contributed by atoms with van der Waals surface area (Å²) in [6.07, 6.45) is -51.5. The second-order valence-corrected chi connectivity index (χ2v) is 34.2. The van der Waals surface area contributed by atoms with Crippen LogP contribution in [0.25, 0.3) is 0 Å². The highest BCUT2D eigenvalue weighted by Gasteiger charge is 2.72. The molecule has 0 aromatic rings. The summed E-state index contributed by atoms with van der Waals surface area (Å²) in [6, 6.07) is 0. The molecule has 11 fully saturated rings. The third-order valence-corrected chi connectivity index (χ3v) is 27.0. The van der Waals surface area contributed by atoms with E-state index >= 15 is 4.79 Å². The lowest BCUT2D eigenvalue weighted by atomic mass is 9.33. The Hall–Kier alpha value is -3.83. The fourth-order valence-electron chi connectivity index (χ4n) is 20.5. The van der Waals surface area contributed by atoms with Gasteiger partial charge in [0.05, 0.1) is 49.0 Å². The summed E-state index contributed by atoms with van der Waals surface area (Å²) in [5.74, 6) is -5.16. The van der Waals surface area contributed by atoms with Crippen molar-refractivity contribution in [3.8, 4) is 0 Å². The Balaban J connectivity index is 0.839. The topological polar surface area (TPSA) is 557 Å². The third-order valence-electron chi connectivity index (χ3n) is 27.0. The minimum atomic E-state index is -2.22. The van der Waals surface area contributed by atoms with Gasteiger partial charge in [0.1, 0.15) is 135 Å². The Labute approximate surface area is 634 Å². The average Bonchev–Trinajstić information content (AvgIpc) is 0.682. The SMILES string of the molecule is CC(=O)OC[C@@H]1O[C@H](O[C@H]2[C@@H](OC(C)=O)[C@@H](C)O[C@@H](OC(=O)[C@]34CCC(C)(C)C[C@@H]3C3=CC[C@@H]5[C@@]6(C)CC[C@H](O[C@@H]7O[C@H](C(=O)O)[C@@H](O)[C@H](O[C@@H]8OC[C@@H](O)[C@H](O)[C@H]8O)[C@H]7O[C@@H]7O[C@H](CO)[C@H](O)[C@H](O)[C@H]7O)[C@@](C)(C=O)[C@@H]6CC[C@@]5(C)[C@]3(C)CC4)[C@@H]2O[C@@H]2O[C@@H](C)[C@H](O[C@@H]3OC[C@@H](O)[C@H](O)[C@H]3O)[C@@H](O)[C@H]2O)[C@H](O)[C@H]1O. The predicted molar refractivity (Wildman–Crippen MR) is 360 cm³/mol. The van der Waals surface area contributed by atoms with Crippen LogP contribution in [0.2, 0.25) is 0 Å². The normalized spacial score (nSPS) is 52.2. The summed E-state index contributed by atoms with van der Waals surface area (Å²) in [5, 5.41) is 175. The molecule has 4 saturated carbocycles. The molecule has 0 aromatic carbocycles. The summed E-state index contributed by atoms with van der Waals surface area (Å²) in [7, 11) is 0. The highest BCUT2D eigenvalue weighted by Crippen LogP contribution is 2.76. The van der Waals surface area contributed by atoms with Crippen LogP contribution in [0.15, 0.2) is 11.6 Å². The standard InChI is InChI=1S/C73H112O37/c1-27-52(104-60-46(86)40(80)33(78)23-96-60)45(85)50(90)62(98-27)109-58-56(107-63-48(88)43(83)36(102-63)25-95-29(3)76)53(100-30(4)77)28(2)99-65(58)110-67(94)73-19-17-68(5,6)21-32(73)31-11-12-38-69(7)15-14-39(70(8,26-75)37(69)13-16-72(38,10)71(31,9)18-20-73)103-66-57(108-64-49(89)44(84)42(82)35(22-74)101-64)54(51(91)55(106-66)59(92)93)105-61-47(87)41(81)34(79)24-97-61/h11,26-28,32-58,60-66,74,78-91H,12-25H2,1-10H3,(H,92,93)/t27-,28+,32+,33+,34+,35+,36-,37+,38+,39-,40-,41-,42-,43-,44-,45-,46+,47+,48+,49+,50+,51-,52-,53-,54-,55-,56-,57+,58+,60-,61-,62-,63+,64-,65-,66+,69-,70-,71+,72+,73-/m0/s1. The molecule has 7 saturated heterocycles. The van der Waals surface area contributed by atoms with E-state index < -0.39 is 292 Å². The summed E-state index contributed by atoms with van der Waals surface area (Å²) in [5.41, 5.74) is -3.87. The van der Waals surface area contributed by atoms with E-state index in [1.165, 1.54) is 13.8 Å². The second kappa shape index (κ2) is 32.6. The molecule has 0 spiro atoms. The van der Waals surface area contributed by atoms with Gasteiger partial charge in [-0.05, 0) is 117 Å². The van der Waals surface area contributed by atoms with Crippen LogP contribution in [-0.4, -0.2) is 341 Å². The van der Waals surface area contributed by atoms with E-state index in [9.17, 15) is 101 Å². The van der Waals surface area contributed by atoms with Crippen LogP contribution in [0.3, 0.4) is 0 Å². The Bertz CT molecular complexity index is 3290. The molecule has 37 heteroatoms. The van der Waals surface area contributed by atoms with Crippen LogP contribution in [0.5, 0.6) is 0 Å².